The normalized spacial score (nSPS) is 44.1. The van der Waals surface area contributed by atoms with Gasteiger partial charge in [0.25, 0.3) is 0 Å². The number of rotatable bonds is 5. The highest BCUT2D eigenvalue weighted by atomic mass is 16.8. The Morgan fingerprint density at radius 1 is 1.19 bits per heavy atom. The maximum absolute atomic E-state index is 11.4. The van der Waals surface area contributed by atoms with Crippen LogP contribution in [0.1, 0.15) is 6.42 Å². The zero-order valence-corrected chi connectivity index (χ0v) is 14.1. The molecule has 2 aliphatic heterocycles. The third kappa shape index (κ3) is 3.26. The van der Waals surface area contributed by atoms with Crippen molar-refractivity contribution >= 4 is 5.97 Å². The van der Waals surface area contributed by atoms with Gasteiger partial charge in [0.05, 0.1) is 25.4 Å². The van der Waals surface area contributed by atoms with Crippen LogP contribution < -0.4 is 0 Å². The molecule has 3 aliphatic rings. The van der Waals surface area contributed by atoms with E-state index in [1.54, 1.807) is 0 Å². The third-order valence-corrected chi connectivity index (χ3v) is 5.18. The molecular formula is C16H22O11. The highest BCUT2D eigenvalue weighted by Gasteiger charge is 2.56. The molecule has 152 valence electrons. The van der Waals surface area contributed by atoms with Gasteiger partial charge < -0.3 is 50.0 Å². The van der Waals surface area contributed by atoms with E-state index in [2.05, 4.69) is 0 Å². The molecule has 0 aromatic carbocycles. The zero-order chi connectivity index (χ0) is 19.9. The predicted octanol–water partition coefficient (Wildman–Crippen LogP) is -3.20. The van der Waals surface area contributed by atoms with Gasteiger partial charge in [0.1, 0.15) is 35.6 Å². The Bertz CT molecular complexity index is 644. The lowest BCUT2D eigenvalue weighted by atomic mass is 9.79. The minimum Gasteiger partial charge on any atom is -0.478 e. The third-order valence-electron chi connectivity index (χ3n) is 5.18. The van der Waals surface area contributed by atoms with Crippen LogP contribution in [0.2, 0.25) is 0 Å². The van der Waals surface area contributed by atoms with Gasteiger partial charge in [0.2, 0.25) is 6.29 Å². The largest absolute Gasteiger partial charge is 0.478 e. The highest BCUT2D eigenvalue weighted by Crippen LogP contribution is 2.47. The van der Waals surface area contributed by atoms with Crippen molar-refractivity contribution in [1.29, 1.82) is 0 Å². The van der Waals surface area contributed by atoms with Gasteiger partial charge in [-0.1, -0.05) is 6.08 Å². The molecular weight excluding hydrogens is 368 g/mol. The number of hydrogen-bond donors (Lipinski definition) is 7. The first-order valence-electron chi connectivity index (χ1n) is 8.32. The minimum absolute atomic E-state index is 0.0937. The van der Waals surface area contributed by atoms with Crippen molar-refractivity contribution in [3.63, 3.8) is 0 Å². The van der Waals surface area contributed by atoms with E-state index in [-0.39, 0.29) is 12.0 Å². The average molecular weight is 390 g/mol. The van der Waals surface area contributed by atoms with Gasteiger partial charge in [-0.05, 0) is 12.0 Å². The summed E-state index contributed by atoms with van der Waals surface area (Å²) in [5.74, 6) is -2.51. The Labute approximate surface area is 153 Å². The molecule has 0 radical (unpaired) electrons. The summed E-state index contributed by atoms with van der Waals surface area (Å²) in [5.41, 5.74) is -2.04. The Hall–Kier alpha value is -1.57. The summed E-state index contributed by atoms with van der Waals surface area (Å²) in [4.78, 5) is 11.4. The number of carboxylic acids is 1. The van der Waals surface area contributed by atoms with Gasteiger partial charge >= 0.3 is 5.97 Å². The molecule has 27 heavy (non-hydrogen) atoms. The second-order valence-electron chi connectivity index (χ2n) is 6.72. The second kappa shape index (κ2) is 7.45. The van der Waals surface area contributed by atoms with Crippen molar-refractivity contribution in [2.75, 3.05) is 13.2 Å². The first-order valence-corrected chi connectivity index (χ1v) is 8.32. The molecule has 11 nitrogen and oxygen atoms in total. The summed E-state index contributed by atoms with van der Waals surface area (Å²) in [6.07, 6.45) is -6.87. The summed E-state index contributed by atoms with van der Waals surface area (Å²) >= 11 is 0. The van der Waals surface area contributed by atoms with Crippen LogP contribution in [0.25, 0.3) is 0 Å². The maximum Gasteiger partial charge on any atom is 0.337 e. The molecule has 0 spiro atoms. The van der Waals surface area contributed by atoms with Crippen LogP contribution in [0.4, 0.5) is 0 Å². The fourth-order valence-corrected chi connectivity index (χ4v) is 3.66. The molecule has 0 amide bonds. The van der Waals surface area contributed by atoms with Crippen LogP contribution in [-0.4, -0.2) is 97.5 Å². The van der Waals surface area contributed by atoms with Gasteiger partial charge in [-0.15, -0.1) is 0 Å². The van der Waals surface area contributed by atoms with Gasteiger partial charge in [-0.2, -0.15) is 0 Å². The van der Waals surface area contributed by atoms with Crippen LogP contribution in [0.5, 0.6) is 0 Å². The van der Waals surface area contributed by atoms with Gasteiger partial charge in [-0.3, -0.25) is 0 Å². The molecule has 11 heteroatoms. The first-order chi connectivity index (χ1) is 12.7. The maximum atomic E-state index is 11.4. The van der Waals surface area contributed by atoms with Gasteiger partial charge in [0.15, 0.2) is 6.29 Å². The van der Waals surface area contributed by atoms with Gasteiger partial charge in [-0.25, -0.2) is 4.79 Å². The van der Waals surface area contributed by atoms with E-state index >= 15 is 0 Å². The number of carbonyl (C=O) groups is 1. The summed E-state index contributed by atoms with van der Waals surface area (Å²) in [7, 11) is 0. The van der Waals surface area contributed by atoms with E-state index < -0.39 is 73.3 Å². The Morgan fingerprint density at radius 2 is 1.89 bits per heavy atom. The smallest absolute Gasteiger partial charge is 0.337 e. The van der Waals surface area contributed by atoms with Crippen LogP contribution >= 0.6 is 0 Å². The predicted molar refractivity (Wildman–Crippen MR) is 83.7 cm³/mol. The van der Waals surface area contributed by atoms with E-state index in [4.69, 9.17) is 14.2 Å². The molecule has 3 rings (SSSR count). The van der Waals surface area contributed by atoms with Crippen molar-refractivity contribution in [1.82, 2.24) is 0 Å². The fraction of sp³-hybridized carbons (Fsp3) is 0.688. The van der Waals surface area contributed by atoms with Crippen LogP contribution in [0.15, 0.2) is 23.5 Å². The highest BCUT2D eigenvalue weighted by molar-refractivity contribution is 5.89. The van der Waals surface area contributed by atoms with E-state index in [9.17, 15) is 40.5 Å². The van der Waals surface area contributed by atoms with Crippen molar-refractivity contribution in [3.8, 4) is 0 Å². The number of aliphatic carboxylic acids is 1. The van der Waals surface area contributed by atoms with E-state index in [1.165, 1.54) is 6.08 Å². The van der Waals surface area contributed by atoms with Crippen molar-refractivity contribution < 1.29 is 54.8 Å². The van der Waals surface area contributed by atoms with E-state index in [0.717, 1.165) is 6.26 Å². The molecule has 0 aromatic heterocycles. The summed E-state index contributed by atoms with van der Waals surface area (Å²) < 4.78 is 16.0. The molecule has 1 saturated heterocycles. The number of fused-ring (bicyclic) bond motifs is 1. The monoisotopic (exact) mass is 390 g/mol. The minimum atomic E-state index is -1.90. The molecule has 0 aromatic rings. The summed E-state index contributed by atoms with van der Waals surface area (Å²) in [5, 5.41) is 68.7. The average Bonchev–Trinajstić information content (AvgIpc) is 2.99. The Kier molecular flexibility index (Phi) is 5.57. The molecule has 0 unspecified atom stereocenters. The Morgan fingerprint density at radius 3 is 2.48 bits per heavy atom. The summed E-state index contributed by atoms with van der Waals surface area (Å²) in [6, 6.07) is 0. The standard InChI is InChI=1S/C16H22O11/c17-3-6-1-2-16(24)7(13(22)23)5-25-14(9(6)16)27-15-12(21)11(20)10(19)8(4-18)26-15/h1,5,8-12,14-15,17-21,24H,2-4H2,(H,22,23)/t8-,9+,10-,11+,12-,14+,15-,16+/m1/s1. The topological polar surface area (TPSA) is 186 Å². The lowest BCUT2D eigenvalue weighted by Gasteiger charge is -2.44. The first kappa shape index (κ1) is 20.2. The molecule has 0 bridgehead atoms. The lowest BCUT2D eigenvalue weighted by molar-refractivity contribution is -0.343. The number of ether oxygens (including phenoxy) is 3. The molecule has 0 saturated carbocycles. The zero-order valence-electron chi connectivity index (χ0n) is 14.1. The molecule has 8 atom stereocenters. The van der Waals surface area contributed by atoms with Crippen LogP contribution in [0, 0.1) is 5.92 Å². The van der Waals surface area contributed by atoms with Crippen molar-refractivity contribution in [2.45, 2.75) is 49.0 Å². The molecule has 1 fully saturated rings. The van der Waals surface area contributed by atoms with Crippen molar-refractivity contribution in [3.05, 3.63) is 23.5 Å². The van der Waals surface area contributed by atoms with Crippen molar-refractivity contribution in [2.24, 2.45) is 5.92 Å². The summed E-state index contributed by atoms with van der Waals surface area (Å²) in [6.45, 7) is -1.15. The second-order valence-corrected chi connectivity index (χ2v) is 6.72. The number of hydrogen-bond acceptors (Lipinski definition) is 10. The van der Waals surface area contributed by atoms with E-state index in [0.29, 0.717) is 0 Å². The van der Waals surface area contributed by atoms with Crippen LogP contribution in [0.3, 0.4) is 0 Å². The SMILES string of the molecule is O=C(O)C1=CO[C@@H](O[C@H]2O[C@H](CO)[C@@H](O)[C@H](O)[C@H]2O)[C@@H]2C(CO)=CC[C@]12O. The molecule has 2 heterocycles. The number of aliphatic hydroxyl groups is 6. The number of carboxylic acid groups (broad SMARTS) is 1. The number of aliphatic hydroxyl groups excluding tert-OH is 5. The van der Waals surface area contributed by atoms with Gasteiger partial charge in [0, 0.05) is 0 Å². The van der Waals surface area contributed by atoms with Crippen LogP contribution in [-0.2, 0) is 19.0 Å². The Balaban J connectivity index is 1.86. The molecule has 7 N–H and O–H groups in total. The fourth-order valence-electron chi connectivity index (χ4n) is 3.66. The molecule has 1 aliphatic carbocycles. The quantitative estimate of drug-likeness (QED) is 0.234. The van der Waals surface area contributed by atoms with E-state index in [1.807, 2.05) is 0 Å². The lowest BCUT2D eigenvalue weighted by Crippen LogP contribution is -2.61.